The highest BCUT2D eigenvalue weighted by atomic mass is 16.5. The highest BCUT2D eigenvalue weighted by Gasteiger charge is 2.33. The van der Waals surface area contributed by atoms with Gasteiger partial charge < -0.3 is 15.0 Å². The Bertz CT molecular complexity index is 287. The fourth-order valence-electron chi connectivity index (χ4n) is 1.54. The summed E-state index contributed by atoms with van der Waals surface area (Å²) in [6, 6.07) is 0.220. The van der Waals surface area contributed by atoms with E-state index in [0.29, 0.717) is 13.2 Å². The summed E-state index contributed by atoms with van der Waals surface area (Å²) < 4.78 is 4.86. The molecular weight excluding hydrogens is 220 g/mol. The van der Waals surface area contributed by atoms with E-state index in [-0.39, 0.29) is 31.0 Å². The summed E-state index contributed by atoms with van der Waals surface area (Å²) in [4.78, 5) is 24.8. The maximum Gasteiger partial charge on any atom is 0.325 e. The summed E-state index contributed by atoms with van der Waals surface area (Å²) in [5.74, 6) is -0.390. The van der Waals surface area contributed by atoms with Gasteiger partial charge in [0.05, 0.1) is 13.2 Å². The Morgan fingerprint density at radius 3 is 2.76 bits per heavy atom. The molecule has 0 aliphatic heterocycles. The molecule has 0 radical (unpaired) electrons. The number of amides is 1. The number of hydrogen-bond donors (Lipinski definition) is 1. The van der Waals surface area contributed by atoms with Gasteiger partial charge in [-0.3, -0.25) is 9.59 Å². The third-order valence-corrected chi connectivity index (χ3v) is 2.48. The summed E-state index contributed by atoms with van der Waals surface area (Å²) in [5, 5.41) is 2.94. The van der Waals surface area contributed by atoms with Crippen LogP contribution in [-0.2, 0) is 14.3 Å². The minimum absolute atomic E-state index is 0.0533. The Balaban J connectivity index is 2.38. The highest BCUT2D eigenvalue weighted by Crippen LogP contribution is 2.26. The van der Waals surface area contributed by atoms with Crippen molar-refractivity contribution < 1.29 is 14.3 Å². The van der Waals surface area contributed by atoms with Gasteiger partial charge in [0.15, 0.2) is 0 Å². The Labute approximate surface area is 102 Å². The van der Waals surface area contributed by atoms with Crippen LogP contribution >= 0.6 is 0 Å². The van der Waals surface area contributed by atoms with Gasteiger partial charge in [-0.05, 0) is 19.8 Å². The number of carbonyl (C=O) groups is 2. The molecule has 0 aromatic rings. The second kappa shape index (κ2) is 7.06. The molecule has 0 spiro atoms. The van der Waals surface area contributed by atoms with Crippen molar-refractivity contribution in [1.82, 2.24) is 10.2 Å². The average Bonchev–Trinajstić information content (AvgIpc) is 3.10. The molecule has 0 aromatic carbocycles. The number of carbonyl (C=O) groups excluding carboxylic acids is 2. The van der Waals surface area contributed by atoms with Crippen molar-refractivity contribution in [2.24, 2.45) is 0 Å². The Morgan fingerprint density at radius 1 is 1.53 bits per heavy atom. The second-order valence-electron chi connectivity index (χ2n) is 3.98. The van der Waals surface area contributed by atoms with Crippen molar-refractivity contribution in [2.45, 2.75) is 25.8 Å². The van der Waals surface area contributed by atoms with E-state index in [9.17, 15) is 9.59 Å². The van der Waals surface area contributed by atoms with E-state index in [2.05, 4.69) is 11.9 Å². The molecule has 0 heterocycles. The van der Waals surface area contributed by atoms with E-state index in [0.717, 1.165) is 12.8 Å². The molecule has 0 atom stereocenters. The molecule has 0 saturated heterocycles. The predicted molar refractivity (Wildman–Crippen MR) is 64.4 cm³/mol. The molecule has 1 N–H and O–H groups in total. The first-order valence-electron chi connectivity index (χ1n) is 5.95. The Kier molecular flexibility index (Phi) is 5.69. The monoisotopic (exact) mass is 240 g/mol. The van der Waals surface area contributed by atoms with E-state index >= 15 is 0 Å². The van der Waals surface area contributed by atoms with E-state index in [1.54, 1.807) is 17.9 Å². The third kappa shape index (κ3) is 4.99. The SMILES string of the molecule is C=CCNCC(=O)N(CC(=O)OCC)C1CC1. The molecule has 17 heavy (non-hydrogen) atoms. The van der Waals surface area contributed by atoms with Crippen LogP contribution in [0.15, 0.2) is 12.7 Å². The van der Waals surface area contributed by atoms with Crippen LogP contribution < -0.4 is 5.32 Å². The average molecular weight is 240 g/mol. The van der Waals surface area contributed by atoms with E-state index < -0.39 is 0 Å². The summed E-state index contributed by atoms with van der Waals surface area (Å²) in [6.45, 7) is 6.55. The summed E-state index contributed by atoms with van der Waals surface area (Å²) in [7, 11) is 0. The normalized spacial score (nSPS) is 14.2. The molecule has 1 rings (SSSR count). The zero-order chi connectivity index (χ0) is 12.7. The van der Waals surface area contributed by atoms with Gasteiger partial charge in [0.2, 0.25) is 5.91 Å². The highest BCUT2D eigenvalue weighted by molar-refractivity contribution is 5.84. The molecule has 1 saturated carbocycles. The predicted octanol–water partition coefficient (Wildman–Crippen LogP) is 0.316. The maximum absolute atomic E-state index is 11.9. The fraction of sp³-hybridized carbons (Fsp3) is 0.667. The van der Waals surface area contributed by atoms with Crippen LogP contribution in [0.1, 0.15) is 19.8 Å². The lowest BCUT2D eigenvalue weighted by molar-refractivity contribution is -0.149. The molecule has 5 nitrogen and oxygen atoms in total. The number of ether oxygens (including phenoxy) is 1. The van der Waals surface area contributed by atoms with Gasteiger partial charge >= 0.3 is 5.97 Å². The lowest BCUT2D eigenvalue weighted by atomic mass is 10.4. The van der Waals surface area contributed by atoms with Crippen LogP contribution in [0.2, 0.25) is 0 Å². The summed E-state index contributed by atoms with van der Waals surface area (Å²) >= 11 is 0. The Morgan fingerprint density at radius 2 is 2.24 bits per heavy atom. The van der Waals surface area contributed by atoms with Crippen LogP contribution in [0, 0.1) is 0 Å². The Hall–Kier alpha value is -1.36. The molecule has 0 unspecified atom stereocenters. The molecular formula is C12H20N2O3. The first-order chi connectivity index (χ1) is 8.19. The first kappa shape index (κ1) is 13.7. The standard InChI is InChI=1S/C12H20N2O3/c1-3-7-13-8-11(15)14(10-5-6-10)9-12(16)17-4-2/h3,10,13H,1,4-9H2,2H3. The second-order valence-corrected chi connectivity index (χ2v) is 3.98. The van der Waals surface area contributed by atoms with Crippen LogP contribution in [0.5, 0.6) is 0 Å². The smallest absolute Gasteiger partial charge is 0.325 e. The van der Waals surface area contributed by atoms with Crippen molar-refractivity contribution in [3.8, 4) is 0 Å². The van der Waals surface area contributed by atoms with E-state index in [1.807, 2.05) is 0 Å². The summed E-state index contributed by atoms with van der Waals surface area (Å²) in [6.07, 6.45) is 3.65. The van der Waals surface area contributed by atoms with Crippen LogP contribution in [0.25, 0.3) is 0 Å². The lowest BCUT2D eigenvalue weighted by Gasteiger charge is -2.21. The van der Waals surface area contributed by atoms with Crippen molar-refractivity contribution >= 4 is 11.9 Å². The van der Waals surface area contributed by atoms with Crippen molar-refractivity contribution in [2.75, 3.05) is 26.2 Å². The van der Waals surface area contributed by atoms with Crippen molar-refractivity contribution in [3.05, 3.63) is 12.7 Å². The van der Waals surface area contributed by atoms with Crippen LogP contribution in [0.3, 0.4) is 0 Å². The maximum atomic E-state index is 11.9. The molecule has 1 aliphatic rings. The van der Waals surface area contributed by atoms with E-state index in [4.69, 9.17) is 4.74 Å². The molecule has 1 fully saturated rings. The van der Waals surface area contributed by atoms with Gasteiger partial charge in [0.25, 0.3) is 0 Å². The third-order valence-electron chi connectivity index (χ3n) is 2.48. The van der Waals surface area contributed by atoms with Crippen molar-refractivity contribution in [1.29, 1.82) is 0 Å². The zero-order valence-electron chi connectivity index (χ0n) is 10.3. The quantitative estimate of drug-likeness (QED) is 0.377. The summed E-state index contributed by atoms with van der Waals surface area (Å²) in [5.41, 5.74) is 0. The largest absolute Gasteiger partial charge is 0.465 e. The lowest BCUT2D eigenvalue weighted by Crippen LogP contribution is -2.43. The first-order valence-corrected chi connectivity index (χ1v) is 5.95. The molecule has 5 heteroatoms. The molecule has 96 valence electrons. The van der Waals surface area contributed by atoms with Gasteiger partial charge in [-0.1, -0.05) is 6.08 Å². The van der Waals surface area contributed by atoms with E-state index in [1.165, 1.54) is 0 Å². The number of nitrogens with one attached hydrogen (secondary N) is 1. The molecule has 1 aliphatic carbocycles. The number of nitrogens with zero attached hydrogens (tertiary/aromatic N) is 1. The van der Waals surface area contributed by atoms with Crippen molar-refractivity contribution in [3.63, 3.8) is 0 Å². The minimum Gasteiger partial charge on any atom is -0.465 e. The van der Waals surface area contributed by atoms with Gasteiger partial charge in [-0.25, -0.2) is 0 Å². The van der Waals surface area contributed by atoms with Crippen LogP contribution in [0.4, 0.5) is 0 Å². The topological polar surface area (TPSA) is 58.6 Å². The van der Waals surface area contributed by atoms with Gasteiger partial charge in [-0.15, -0.1) is 6.58 Å². The molecule has 1 amide bonds. The van der Waals surface area contributed by atoms with Gasteiger partial charge in [0, 0.05) is 12.6 Å². The molecule has 0 aromatic heterocycles. The van der Waals surface area contributed by atoms with Crippen LogP contribution in [-0.4, -0.2) is 49.1 Å². The number of rotatable bonds is 8. The van der Waals surface area contributed by atoms with Gasteiger partial charge in [-0.2, -0.15) is 0 Å². The zero-order valence-corrected chi connectivity index (χ0v) is 10.3. The van der Waals surface area contributed by atoms with Gasteiger partial charge in [0.1, 0.15) is 6.54 Å². The number of esters is 1. The fourth-order valence-corrected chi connectivity index (χ4v) is 1.54. The number of hydrogen-bond acceptors (Lipinski definition) is 4. The minimum atomic E-state index is -0.337. The molecule has 0 bridgehead atoms.